The molecular weight excluding hydrogens is 600 g/mol. The number of pyridine rings is 1. The number of nitrogens with zero attached hydrogens (tertiary/aromatic N) is 4. The fourth-order valence-electron chi connectivity index (χ4n) is 5.30. The number of amides is 1. The number of aromatic nitrogens is 2. The zero-order valence-corrected chi connectivity index (χ0v) is 28.4. The van der Waals surface area contributed by atoms with Gasteiger partial charge in [-0.3, -0.25) is 9.20 Å². The summed E-state index contributed by atoms with van der Waals surface area (Å²) in [5.74, 6) is 0.591. The summed E-state index contributed by atoms with van der Waals surface area (Å²) in [5.41, 5.74) is 1.82. The molecule has 0 N–H and O–H groups in total. The van der Waals surface area contributed by atoms with Gasteiger partial charge in [0, 0.05) is 37.3 Å². The number of sulfone groups is 1. The summed E-state index contributed by atoms with van der Waals surface area (Å²) in [7, 11) is -5.76. The highest BCUT2D eigenvalue weighted by Crippen LogP contribution is 2.37. The van der Waals surface area contributed by atoms with Crippen LogP contribution in [0.5, 0.6) is 0 Å². The minimum Gasteiger partial charge on any atom is -0.415 e. The van der Waals surface area contributed by atoms with Gasteiger partial charge < -0.3 is 14.2 Å². The lowest BCUT2D eigenvalue weighted by atomic mass is 10.1. The van der Waals surface area contributed by atoms with E-state index in [0.29, 0.717) is 31.3 Å². The molecule has 1 aliphatic rings. The van der Waals surface area contributed by atoms with E-state index in [9.17, 15) is 13.2 Å². The minimum absolute atomic E-state index is 0.0232. The summed E-state index contributed by atoms with van der Waals surface area (Å²) < 4.78 is 35.3. The second-order valence-electron chi connectivity index (χ2n) is 13.0. The number of imidazole rings is 1. The van der Waals surface area contributed by atoms with Crippen molar-refractivity contribution in [2.75, 3.05) is 36.9 Å². The molecule has 0 saturated carbocycles. The Labute approximate surface area is 260 Å². The molecule has 2 aromatic heterocycles. The smallest absolute Gasteiger partial charge is 0.224 e. The number of carbonyl (C=O) groups is 1. The van der Waals surface area contributed by atoms with Crippen molar-refractivity contribution in [1.82, 2.24) is 14.3 Å². The number of halogens is 1. The van der Waals surface area contributed by atoms with E-state index in [1.165, 1.54) is 0 Å². The Morgan fingerprint density at radius 1 is 1.07 bits per heavy atom. The average molecular weight is 641 g/mol. The van der Waals surface area contributed by atoms with Crippen LogP contribution in [0.25, 0.3) is 16.4 Å². The zero-order valence-electron chi connectivity index (χ0n) is 25.8. The molecule has 1 unspecified atom stereocenters. The number of fused-ring (bicyclic) bond motifs is 2. The maximum atomic E-state index is 13.7. The fraction of sp³-hybridized carbons (Fsp3) is 0.438. The van der Waals surface area contributed by atoms with E-state index in [2.05, 4.69) is 54.2 Å². The predicted molar refractivity (Wildman–Crippen MR) is 176 cm³/mol. The lowest BCUT2D eigenvalue weighted by Crippen LogP contribution is -2.58. The number of rotatable bonds is 8. The Morgan fingerprint density at radius 2 is 1.79 bits per heavy atom. The van der Waals surface area contributed by atoms with Crippen LogP contribution in [-0.4, -0.2) is 75.0 Å². The first-order valence-corrected chi connectivity index (χ1v) is 19.6. The van der Waals surface area contributed by atoms with Gasteiger partial charge in [-0.1, -0.05) is 50.6 Å². The van der Waals surface area contributed by atoms with Crippen molar-refractivity contribution < 1.29 is 17.6 Å². The summed E-state index contributed by atoms with van der Waals surface area (Å²) in [6, 6.07) is 16.2. The number of hydrogen-bond donors (Lipinski definition) is 0. The average Bonchev–Trinajstić information content (AvgIpc) is 3.34. The van der Waals surface area contributed by atoms with Gasteiger partial charge in [-0.05, 0) is 72.2 Å². The molecule has 1 atom stereocenters. The van der Waals surface area contributed by atoms with Crippen molar-refractivity contribution in [1.29, 1.82) is 0 Å². The van der Waals surface area contributed by atoms with Gasteiger partial charge in [-0.25, -0.2) is 13.4 Å². The number of piperazine rings is 1. The van der Waals surface area contributed by atoms with Crippen LogP contribution >= 0.6 is 11.6 Å². The Kier molecular flexibility index (Phi) is 8.70. The van der Waals surface area contributed by atoms with Gasteiger partial charge in [0.25, 0.3) is 0 Å². The van der Waals surface area contributed by atoms with Crippen LogP contribution in [0, 0.1) is 6.92 Å². The first-order chi connectivity index (χ1) is 20.1. The van der Waals surface area contributed by atoms with Crippen molar-refractivity contribution in [3.63, 3.8) is 0 Å². The number of carbonyl (C=O) groups excluding carboxylic acids is 1. The van der Waals surface area contributed by atoms with Crippen LogP contribution < -0.4 is 4.90 Å². The Morgan fingerprint density at radius 3 is 2.53 bits per heavy atom. The van der Waals surface area contributed by atoms with Crippen LogP contribution in [-0.2, 0) is 19.1 Å². The van der Waals surface area contributed by atoms with Crippen LogP contribution in [0.3, 0.4) is 0 Å². The second kappa shape index (κ2) is 11.9. The monoisotopic (exact) mass is 640 g/mol. The number of benzene rings is 2. The largest absolute Gasteiger partial charge is 0.415 e. The highest BCUT2D eigenvalue weighted by molar-refractivity contribution is 7.91. The zero-order chi connectivity index (χ0) is 31.2. The van der Waals surface area contributed by atoms with Gasteiger partial charge in [-0.2, -0.15) is 0 Å². The quantitative estimate of drug-likeness (QED) is 0.209. The third-order valence-corrected chi connectivity index (χ3v) is 15.3. The minimum atomic E-state index is -3.67. The van der Waals surface area contributed by atoms with E-state index < -0.39 is 18.2 Å². The standard InChI is InChI=1S/C32H41ClN4O4SSi/c1-23-20-37-29(34-23)8-7-9-30(37)35-15-16-36(27(21-35)22-41-43(5,6)32(2,3)4)31(38)14-17-42(39,40)28-13-11-24-18-26(33)12-10-25(24)19-28/h7-13,18-20,27H,14-17,21-22H2,1-6H3. The number of anilines is 1. The maximum absolute atomic E-state index is 13.7. The molecule has 1 aliphatic heterocycles. The van der Waals surface area contributed by atoms with Crippen molar-refractivity contribution in [3.8, 4) is 0 Å². The van der Waals surface area contributed by atoms with Crippen molar-refractivity contribution in [2.45, 2.75) is 63.2 Å². The van der Waals surface area contributed by atoms with Crippen molar-refractivity contribution >= 4 is 57.9 Å². The van der Waals surface area contributed by atoms with Crippen molar-refractivity contribution in [2.24, 2.45) is 0 Å². The van der Waals surface area contributed by atoms with Crippen LogP contribution in [0.15, 0.2) is 65.7 Å². The fourth-order valence-corrected chi connectivity index (χ4v) is 7.79. The molecule has 0 aliphatic carbocycles. The SMILES string of the molecule is Cc1cn2c(N3CCN(C(=O)CCS(=O)(=O)c4ccc5cc(Cl)ccc5c4)C(CO[Si](C)(C)C(C)(C)C)C3)cccc2n1. The number of hydrogen-bond acceptors (Lipinski definition) is 6. The summed E-state index contributed by atoms with van der Waals surface area (Å²) in [6.07, 6.45) is 1.93. The highest BCUT2D eigenvalue weighted by Gasteiger charge is 2.40. The Hall–Kier alpha value is -2.92. The molecule has 0 spiro atoms. The van der Waals surface area contributed by atoms with Gasteiger partial charge in [0.1, 0.15) is 11.5 Å². The maximum Gasteiger partial charge on any atom is 0.224 e. The molecule has 0 bridgehead atoms. The molecule has 1 amide bonds. The molecule has 5 rings (SSSR count). The molecule has 2 aromatic carbocycles. The normalized spacial score (nSPS) is 16.8. The molecule has 11 heteroatoms. The van der Waals surface area contributed by atoms with E-state index in [0.717, 1.165) is 27.9 Å². The van der Waals surface area contributed by atoms with E-state index in [1.807, 2.05) is 30.2 Å². The van der Waals surface area contributed by atoms with Gasteiger partial charge in [-0.15, -0.1) is 0 Å². The topological polar surface area (TPSA) is 84.2 Å². The predicted octanol–water partition coefficient (Wildman–Crippen LogP) is 6.35. The van der Waals surface area contributed by atoms with E-state index in [1.54, 1.807) is 36.4 Å². The summed E-state index contributed by atoms with van der Waals surface area (Å²) in [5, 5.41) is 2.28. The number of aryl methyl sites for hydroxylation is 1. The summed E-state index contributed by atoms with van der Waals surface area (Å²) >= 11 is 6.08. The molecule has 3 heterocycles. The van der Waals surface area contributed by atoms with Gasteiger partial charge in [0.15, 0.2) is 18.2 Å². The first-order valence-electron chi connectivity index (χ1n) is 14.7. The molecule has 43 heavy (non-hydrogen) atoms. The van der Waals surface area contributed by atoms with Crippen LogP contribution in [0.4, 0.5) is 5.82 Å². The van der Waals surface area contributed by atoms with Crippen LogP contribution in [0.2, 0.25) is 23.2 Å². The third kappa shape index (κ3) is 6.77. The van der Waals surface area contributed by atoms with E-state index in [-0.39, 0.29) is 34.1 Å². The lowest BCUT2D eigenvalue weighted by Gasteiger charge is -2.44. The molecule has 1 fully saturated rings. The van der Waals surface area contributed by atoms with E-state index >= 15 is 0 Å². The second-order valence-corrected chi connectivity index (χ2v) is 20.3. The molecule has 1 saturated heterocycles. The Bertz CT molecular complexity index is 1770. The van der Waals surface area contributed by atoms with E-state index in [4.69, 9.17) is 16.0 Å². The Balaban J connectivity index is 1.34. The molecule has 4 aromatic rings. The molecule has 8 nitrogen and oxygen atoms in total. The molecule has 230 valence electrons. The first kappa shape index (κ1) is 31.5. The van der Waals surface area contributed by atoms with Gasteiger partial charge >= 0.3 is 0 Å². The molecule has 0 radical (unpaired) electrons. The van der Waals surface area contributed by atoms with Crippen molar-refractivity contribution in [3.05, 3.63) is 71.5 Å². The summed E-state index contributed by atoms with van der Waals surface area (Å²) in [6.45, 7) is 15.1. The lowest BCUT2D eigenvalue weighted by molar-refractivity contribution is -0.134. The summed E-state index contributed by atoms with van der Waals surface area (Å²) in [4.78, 5) is 22.6. The van der Waals surface area contributed by atoms with Gasteiger partial charge in [0.05, 0.1) is 29.0 Å². The third-order valence-electron chi connectivity index (χ3n) is 8.88. The van der Waals surface area contributed by atoms with Gasteiger partial charge in [0.2, 0.25) is 5.91 Å². The van der Waals surface area contributed by atoms with Crippen LogP contribution in [0.1, 0.15) is 32.9 Å². The highest BCUT2D eigenvalue weighted by atomic mass is 35.5. The molecular formula is C32H41ClN4O4SSi.